The first-order chi connectivity index (χ1) is 16.5. The van der Waals surface area contributed by atoms with Crippen LogP contribution in [0.1, 0.15) is 53.5 Å². The third kappa shape index (κ3) is 7.19. The van der Waals surface area contributed by atoms with Gasteiger partial charge in [0.1, 0.15) is 30.4 Å². The average molecular weight is 491 g/mol. The van der Waals surface area contributed by atoms with Gasteiger partial charge in [-0.3, -0.25) is 14.4 Å². The predicted octanol–water partition coefficient (Wildman–Crippen LogP) is 2.61. The lowest BCUT2D eigenvalue weighted by molar-refractivity contribution is -0.193. The molecule has 1 fully saturated rings. The highest BCUT2D eigenvalue weighted by Gasteiger charge is 2.50. The number of hydrogen-bond acceptors (Lipinski definition) is 7. The number of rotatable bonds is 12. The fraction of sp³-hybridized carbons (Fsp3) is 0.615. The lowest BCUT2D eigenvalue weighted by atomic mass is 9.82. The Morgan fingerprint density at radius 2 is 1.57 bits per heavy atom. The van der Waals surface area contributed by atoms with Gasteiger partial charge in [0.15, 0.2) is 6.10 Å². The van der Waals surface area contributed by atoms with Crippen molar-refractivity contribution in [1.29, 1.82) is 0 Å². The molecule has 0 aliphatic carbocycles. The van der Waals surface area contributed by atoms with Crippen molar-refractivity contribution in [3.05, 3.63) is 29.8 Å². The Bertz CT molecular complexity index is 897. The standard InChI is InChI=1S/C26H38N2O7/c1-8-16(6)19-22(35-25(19)31)24(30)27-20(14(2)3)23(29)28-21(15(4)5)26(32)34-13-17-9-11-18(33-7)12-10-17/h9-12,14-16,19-22H,8,13H2,1-7H3,(H,27,30)(H,28,29)/t16?,19-,20-,21-,22+/m0/s1. The van der Waals surface area contributed by atoms with Crippen molar-refractivity contribution < 1.29 is 33.4 Å². The van der Waals surface area contributed by atoms with Gasteiger partial charge in [0, 0.05) is 0 Å². The van der Waals surface area contributed by atoms with Crippen LogP contribution < -0.4 is 15.4 Å². The van der Waals surface area contributed by atoms with Crippen molar-refractivity contribution in [3.63, 3.8) is 0 Å². The first kappa shape index (κ1) is 28.1. The van der Waals surface area contributed by atoms with E-state index in [4.69, 9.17) is 14.2 Å². The zero-order chi connectivity index (χ0) is 26.3. The number of amides is 2. The summed E-state index contributed by atoms with van der Waals surface area (Å²) in [6.45, 7) is 11.1. The molecule has 1 aliphatic heterocycles. The number of cyclic esters (lactones) is 1. The lowest BCUT2D eigenvalue weighted by Gasteiger charge is -2.38. The number of ether oxygens (including phenoxy) is 3. The number of hydrogen-bond donors (Lipinski definition) is 2. The zero-order valence-electron chi connectivity index (χ0n) is 21.6. The first-order valence-corrected chi connectivity index (χ1v) is 12.1. The van der Waals surface area contributed by atoms with E-state index in [9.17, 15) is 19.2 Å². The van der Waals surface area contributed by atoms with E-state index >= 15 is 0 Å². The fourth-order valence-corrected chi connectivity index (χ4v) is 3.81. The Kier molecular flexibility index (Phi) is 10.1. The van der Waals surface area contributed by atoms with Crippen LogP contribution >= 0.6 is 0 Å². The number of nitrogens with one attached hydrogen (secondary N) is 2. The SMILES string of the molecule is CCC(C)[C@@H]1C(=O)O[C@H]1C(=O)N[C@H](C(=O)N[C@H](C(=O)OCc1ccc(OC)cc1)C(C)C)C(C)C. The summed E-state index contributed by atoms with van der Waals surface area (Å²) in [6, 6.07) is 5.32. The summed E-state index contributed by atoms with van der Waals surface area (Å²) >= 11 is 0. The minimum Gasteiger partial charge on any atom is -0.497 e. The van der Waals surface area contributed by atoms with E-state index in [1.807, 2.05) is 13.8 Å². The van der Waals surface area contributed by atoms with Crippen LogP contribution in [0, 0.1) is 23.7 Å². The summed E-state index contributed by atoms with van der Waals surface area (Å²) in [4.78, 5) is 50.5. The van der Waals surface area contributed by atoms with Crippen LogP contribution in [-0.4, -0.2) is 49.1 Å². The number of carbonyl (C=O) groups is 4. The topological polar surface area (TPSA) is 120 Å². The van der Waals surface area contributed by atoms with Crippen LogP contribution in [-0.2, 0) is 35.3 Å². The third-order valence-corrected chi connectivity index (χ3v) is 6.36. The van der Waals surface area contributed by atoms with E-state index in [1.54, 1.807) is 59.1 Å². The summed E-state index contributed by atoms with van der Waals surface area (Å²) < 4.78 is 15.6. The molecule has 9 heteroatoms. The van der Waals surface area contributed by atoms with Gasteiger partial charge in [0.05, 0.1) is 7.11 Å². The van der Waals surface area contributed by atoms with E-state index in [-0.39, 0.29) is 24.4 Å². The Balaban J connectivity index is 2.01. The maximum absolute atomic E-state index is 13.1. The minimum absolute atomic E-state index is 0.0101. The molecule has 35 heavy (non-hydrogen) atoms. The van der Waals surface area contributed by atoms with Crippen LogP contribution in [0.3, 0.4) is 0 Å². The van der Waals surface area contributed by atoms with Crippen molar-refractivity contribution in [2.24, 2.45) is 23.7 Å². The Morgan fingerprint density at radius 1 is 0.971 bits per heavy atom. The van der Waals surface area contributed by atoms with Crippen molar-refractivity contribution in [2.75, 3.05) is 7.11 Å². The number of methoxy groups -OCH3 is 1. The lowest BCUT2D eigenvalue weighted by Crippen LogP contribution is -2.61. The van der Waals surface area contributed by atoms with Gasteiger partial charge in [-0.1, -0.05) is 60.1 Å². The summed E-state index contributed by atoms with van der Waals surface area (Å²) in [7, 11) is 1.57. The van der Waals surface area contributed by atoms with Crippen molar-refractivity contribution in [3.8, 4) is 5.75 Å². The molecule has 1 aromatic carbocycles. The van der Waals surface area contributed by atoms with Crippen LogP contribution in [0.15, 0.2) is 24.3 Å². The molecule has 194 valence electrons. The second-order valence-electron chi connectivity index (χ2n) is 9.69. The minimum atomic E-state index is -0.915. The van der Waals surface area contributed by atoms with Crippen LogP contribution in [0.4, 0.5) is 0 Å². The van der Waals surface area contributed by atoms with Crippen LogP contribution in [0.5, 0.6) is 5.75 Å². The number of benzene rings is 1. The van der Waals surface area contributed by atoms with Gasteiger partial charge >= 0.3 is 11.9 Å². The molecule has 0 saturated carbocycles. The van der Waals surface area contributed by atoms with Gasteiger partial charge < -0.3 is 24.8 Å². The van der Waals surface area contributed by atoms with Gasteiger partial charge in [0.2, 0.25) is 5.91 Å². The summed E-state index contributed by atoms with van der Waals surface area (Å²) in [5.74, 6) is -2.32. The molecule has 1 aromatic rings. The average Bonchev–Trinajstić information content (AvgIpc) is 2.82. The predicted molar refractivity (Wildman–Crippen MR) is 129 cm³/mol. The molecule has 0 radical (unpaired) electrons. The third-order valence-electron chi connectivity index (χ3n) is 6.36. The molecule has 0 aromatic heterocycles. The maximum atomic E-state index is 13.1. The Labute approximate surface area is 207 Å². The van der Waals surface area contributed by atoms with Crippen LogP contribution in [0.2, 0.25) is 0 Å². The first-order valence-electron chi connectivity index (χ1n) is 12.1. The van der Waals surface area contributed by atoms with Gasteiger partial charge in [-0.15, -0.1) is 0 Å². The highest BCUT2D eigenvalue weighted by Crippen LogP contribution is 2.31. The molecular formula is C26H38N2O7. The molecule has 1 saturated heterocycles. The van der Waals surface area contributed by atoms with Gasteiger partial charge in [-0.05, 0) is 35.4 Å². The van der Waals surface area contributed by atoms with Crippen molar-refractivity contribution in [1.82, 2.24) is 10.6 Å². The molecule has 9 nitrogen and oxygen atoms in total. The maximum Gasteiger partial charge on any atom is 0.329 e. The molecule has 0 spiro atoms. The van der Waals surface area contributed by atoms with E-state index in [0.717, 1.165) is 12.0 Å². The molecule has 5 atom stereocenters. The quantitative estimate of drug-likeness (QED) is 0.432. The molecule has 2 N–H and O–H groups in total. The molecule has 2 rings (SSSR count). The van der Waals surface area contributed by atoms with Gasteiger partial charge in [-0.2, -0.15) is 0 Å². The molecular weight excluding hydrogens is 452 g/mol. The molecule has 0 bridgehead atoms. The van der Waals surface area contributed by atoms with Crippen LogP contribution in [0.25, 0.3) is 0 Å². The van der Waals surface area contributed by atoms with Crippen molar-refractivity contribution >= 4 is 23.8 Å². The van der Waals surface area contributed by atoms with Crippen molar-refractivity contribution in [2.45, 2.75) is 72.8 Å². The summed E-state index contributed by atoms with van der Waals surface area (Å²) in [6.07, 6.45) is -0.186. The zero-order valence-corrected chi connectivity index (χ0v) is 21.6. The van der Waals surface area contributed by atoms with Gasteiger partial charge in [0.25, 0.3) is 5.91 Å². The summed E-state index contributed by atoms with van der Waals surface area (Å²) in [5, 5.41) is 5.44. The molecule has 1 aliphatic rings. The second-order valence-corrected chi connectivity index (χ2v) is 9.69. The fourth-order valence-electron chi connectivity index (χ4n) is 3.81. The largest absolute Gasteiger partial charge is 0.497 e. The Hall–Kier alpha value is -3.10. The monoisotopic (exact) mass is 490 g/mol. The summed E-state index contributed by atoms with van der Waals surface area (Å²) in [5.41, 5.74) is 0.784. The van der Waals surface area contributed by atoms with Gasteiger partial charge in [-0.25, -0.2) is 4.79 Å². The molecule has 1 heterocycles. The molecule has 2 amide bonds. The van der Waals surface area contributed by atoms with E-state index < -0.39 is 47.9 Å². The normalized spacial score (nSPS) is 19.7. The smallest absolute Gasteiger partial charge is 0.329 e. The van der Waals surface area contributed by atoms with E-state index in [2.05, 4.69) is 10.6 Å². The van der Waals surface area contributed by atoms with E-state index in [1.165, 1.54) is 0 Å². The van der Waals surface area contributed by atoms with E-state index in [0.29, 0.717) is 5.75 Å². The number of carbonyl (C=O) groups excluding carboxylic acids is 4. The Morgan fingerprint density at radius 3 is 2.06 bits per heavy atom. The number of esters is 2. The highest BCUT2D eigenvalue weighted by molar-refractivity contribution is 5.97. The second kappa shape index (κ2) is 12.6. The highest BCUT2D eigenvalue weighted by atomic mass is 16.6. The molecule has 1 unspecified atom stereocenters.